The van der Waals surface area contributed by atoms with Crippen molar-refractivity contribution >= 4 is 10.8 Å². The van der Waals surface area contributed by atoms with E-state index in [1.165, 1.54) is 0 Å². The topological polar surface area (TPSA) is 46.2 Å². The summed E-state index contributed by atoms with van der Waals surface area (Å²) < 4.78 is 0. The van der Waals surface area contributed by atoms with Crippen LogP contribution in [0.4, 0.5) is 0 Å². The first-order chi connectivity index (χ1) is 8.24. The summed E-state index contributed by atoms with van der Waals surface area (Å²) in [6.07, 6.45) is 3.28. The molecule has 0 fully saturated rings. The van der Waals surface area contributed by atoms with Gasteiger partial charge in [-0.2, -0.15) is 0 Å². The molecule has 2 nitrogen and oxygen atoms in total. The van der Waals surface area contributed by atoms with Crippen molar-refractivity contribution in [3.8, 4) is 5.75 Å². The van der Waals surface area contributed by atoms with E-state index in [4.69, 9.17) is 5.73 Å². The molecule has 0 aliphatic rings. The number of phenols is 1. The van der Waals surface area contributed by atoms with Crippen LogP contribution in [0.5, 0.6) is 5.75 Å². The van der Waals surface area contributed by atoms with E-state index in [0.29, 0.717) is 5.75 Å². The van der Waals surface area contributed by atoms with Crippen molar-refractivity contribution < 1.29 is 5.11 Å². The van der Waals surface area contributed by atoms with Crippen LogP contribution >= 0.6 is 0 Å². The minimum absolute atomic E-state index is 0.0560. The molecule has 0 amide bonds. The minimum atomic E-state index is 0.0560. The fourth-order valence-electron chi connectivity index (χ4n) is 2.21. The number of fused-ring (bicyclic) bond motifs is 1. The molecule has 0 saturated heterocycles. The molecule has 17 heavy (non-hydrogen) atoms. The molecule has 0 radical (unpaired) electrons. The first-order valence-electron chi connectivity index (χ1n) is 6.20. The SMILES string of the molecule is CCCC[C@@H](N)c1ccc(O)c2ccccc12. The number of hydrogen-bond acceptors (Lipinski definition) is 2. The summed E-state index contributed by atoms with van der Waals surface area (Å²) in [7, 11) is 0. The largest absolute Gasteiger partial charge is 0.507 e. The third-order valence-corrected chi connectivity index (χ3v) is 3.20. The summed E-state index contributed by atoms with van der Waals surface area (Å²) in [6.45, 7) is 2.17. The van der Waals surface area contributed by atoms with E-state index >= 15 is 0 Å². The Hall–Kier alpha value is -1.54. The number of aromatic hydroxyl groups is 1. The molecule has 3 N–H and O–H groups in total. The summed E-state index contributed by atoms with van der Waals surface area (Å²) in [6, 6.07) is 11.6. The molecule has 0 aliphatic heterocycles. The highest BCUT2D eigenvalue weighted by molar-refractivity contribution is 5.91. The average Bonchev–Trinajstić information content (AvgIpc) is 2.37. The van der Waals surface area contributed by atoms with Gasteiger partial charge in [-0.3, -0.25) is 0 Å². The number of rotatable bonds is 4. The highest BCUT2D eigenvalue weighted by atomic mass is 16.3. The molecule has 1 atom stereocenters. The third-order valence-electron chi connectivity index (χ3n) is 3.20. The van der Waals surface area contributed by atoms with Crippen molar-refractivity contribution in [1.82, 2.24) is 0 Å². The smallest absolute Gasteiger partial charge is 0.123 e. The lowest BCUT2D eigenvalue weighted by Crippen LogP contribution is -2.10. The number of unbranched alkanes of at least 4 members (excludes halogenated alkanes) is 1. The molecule has 0 aliphatic carbocycles. The molecule has 90 valence electrons. The zero-order chi connectivity index (χ0) is 12.3. The van der Waals surface area contributed by atoms with Crippen LogP contribution < -0.4 is 5.73 Å². The molecule has 0 heterocycles. The molecule has 2 aromatic rings. The second kappa shape index (κ2) is 5.19. The Morgan fingerprint density at radius 2 is 1.82 bits per heavy atom. The summed E-state index contributed by atoms with van der Waals surface area (Å²) in [4.78, 5) is 0. The van der Waals surface area contributed by atoms with Crippen molar-refractivity contribution in [2.75, 3.05) is 0 Å². The molecule has 0 unspecified atom stereocenters. The number of phenolic OH excluding ortho intramolecular Hbond substituents is 1. The van der Waals surface area contributed by atoms with E-state index < -0.39 is 0 Å². The second-order valence-corrected chi connectivity index (χ2v) is 4.47. The summed E-state index contributed by atoms with van der Waals surface area (Å²) in [5.41, 5.74) is 7.35. The monoisotopic (exact) mass is 229 g/mol. The van der Waals surface area contributed by atoms with E-state index in [1.54, 1.807) is 6.07 Å². The molecule has 0 spiro atoms. The van der Waals surface area contributed by atoms with Gasteiger partial charge >= 0.3 is 0 Å². The Bertz CT molecular complexity index is 507. The summed E-state index contributed by atoms with van der Waals surface area (Å²) in [5, 5.41) is 11.8. The Labute approximate surface area is 102 Å². The van der Waals surface area contributed by atoms with Crippen LogP contribution in [0.1, 0.15) is 37.8 Å². The van der Waals surface area contributed by atoms with Crippen molar-refractivity contribution in [2.24, 2.45) is 5.73 Å². The maximum atomic E-state index is 9.81. The van der Waals surface area contributed by atoms with Crippen LogP contribution in [-0.4, -0.2) is 5.11 Å². The first kappa shape index (κ1) is 11.9. The Balaban J connectivity index is 2.44. The van der Waals surface area contributed by atoms with Gasteiger partial charge in [-0.05, 0) is 23.4 Å². The van der Waals surface area contributed by atoms with Crippen molar-refractivity contribution in [2.45, 2.75) is 32.2 Å². The molecule has 0 saturated carbocycles. The fraction of sp³-hybridized carbons (Fsp3) is 0.333. The lowest BCUT2D eigenvalue weighted by Gasteiger charge is -2.15. The predicted octanol–water partition coefficient (Wildman–Crippen LogP) is 3.74. The molecular formula is C15H19NO. The third kappa shape index (κ3) is 2.42. The number of benzene rings is 2. The van der Waals surface area contributed by atoms with Gasteiger partial charge in [-0.1, -0.05) is 50.1 Å². The highest BCUT2D eigenvalue weighted by Crippen LogP contribution is 2.31. The zero-order valence-corrected chi connectivity index (χ0v) is 10.2. The van der Waals surface area contributed by atoms with E-state index in [0.717, 1.165) is 35.6 Å². The summed E-state index contributed by atoms with van der Waals surface area (Å²) in [5.74, 6) is 0.326. The highest BCUT2D eigenvalue weighted by Gasteiger charge is 2.10. The van der Waals surface area contributed by atoms with E-state index in [2.05, 4.69) is 6.92 Å². The van der Waals surface area contributed by atoms with Gasteiger partial charge in [-0.15, -0.1) is 0 Å². The van der Waals surface area contributed by atoms with Gasteiger partial charge in [0, 0.05) is 11.4 Å². The lowest BCUT2D eigenvalue weighted by molar-refractivity contribution is 0.481. The molecular weight excluding hydrogens is 210 g/mol. The van der Waals surface area contributed by atoms with Crippen LogP contribution in [0, 0.1) is 0 Å². The standard InChI is InChI=1S/C15H19NO/c1-2-3-8-14(16)12-9-10-15(17)13-7-5-4-6-11(12)13/h4-7,9-10,14,17H,2-3,8,16H2,1H3/t14-/m1/s1. The summed E-state index contributed by atoms with van der Waals surface area (Å²) >= 11 is 0. The van der Waals surface area contributed by atoms with Crippen LogP contribution in [0.25, 0.3) is 10.8 Å². The molecule has 2 aromatic carbocycles. The number of hydrogen-bond donors (Lipinski definition) is 2. The first-order valence-corrected chi connectivity index (χ1v) is 6.20. The van der Waals surface area contributed by atoms with Gasteiger partial charge in [0.15, 0.2) is 0 Å². The van der Waals surface area contributed by atoms with Crippen molar-refractivity contribution in [3.05, 3.63) is 42.0 Å². The van der Waals surface area contributed by atoms with Crippen molar-refractivity contribution in [3.63, 3.8) is 0 Å². The molecule has 0 bridgehead atoms. The predicted molar refractivity (Wildman–Crippen MR) is 72.1 cm³/mol. The van der Waals surface area contributed by atoms with Crippen LogP contribution in [0.2, 0.25) is 0 Å². The molecule has 2 rings (SSSR count). The Kier molecular flexibility index (Phi) is 3.64. The Morgan fingerprint density at radius 1 is 1.12 bits per heavy atom. The number of nitrogens with two attached hydrogens (primary N) is 1. The van der Waals surface area contributed by atoms with Gasteiger partial charge in [0.1, 0.15) is 5.75 Å². The fourth-order valence-corrected chi connectivity index (χ4v) is 2.21. The van der Waals surface area contributed by atoms with Gasteiger partial charge in [0.25, 0.3) is 0 Å². The average molecular weight is 229 g/mol. The normalized spacial score (nSPS) is 12.8. The zero-order valence-electron chi connectivity index (χ0n) is 10.2. The van der Waals surface area contributed by atoms with Gasteiger partial charge in [0.05, 0.1) is 0 Å². The maximum absolute atomic E-state index is 9.81. The quantitative estimate of drug-likeness (QED) is 0.839. The maximum Gasteiger partial charge on any atom is 0.123 e. The molecule has 2 heteroatoms. The van der Waals surface area contributed by atoms with Crippen molar-refractivity contribution in [1.29, 1.82) is 0 Å². The molecule has 0 aromatic heterocycles. The van der Waals surface area contributed by atoms with Crippen LogP contribution in [-0.2, 0) is 0 Å². The van der Waals surface area contributed by atoms with Crippen LogP contribution in [0.3, 0.4) is 0 Å². The van der Waals surface area contributed by atoms with Crippen LogP contribution in [0.15, 0.2) is 36.4 Å². The van der Waals surface area contributed by atoms with E-state index in [9.17, 15) is 5.11 Å². The van der Waals surface area contributed by atoms with E-state index in [1.807, 2.05) is 30.3 Å². The minimum Gasteiger partial charge on any atom is -0.507 e. The van der Waals surface area contributed by atoms with E-state index in [-0.39, 0.29) is 6.04 Å². The van der Waals surface area contributed by atoms with Gasteiger partial charge in [0.2, 0.25) is 0 Å². The second-order valence-electron chi connectivity index (χ2n) is 4.47. The van der Waals surface area contributed by atoms with Gasteiger partial charge in [-0.25, -0.2) is 0 Å². The van der Waals surface area contributed by atoms with Gasteiger partial charge < -0.3 is 10.8 Å². The lowest BCUT2D eigenvalue weighted by atomic mass is 9.95. The Morgan fingerprint density at radius 3 is 2.53 bits per heavy atom.